The molecule has 0 aliphatic carbocycles. The fourth-order valence-electron chi connectivity index (χ4n) is 1.66. The van der Waals surface area contributed by atoms with Crippen LogP contribution in [0.15, 0.2) is 29.7 Å². The van der Waals surface area contributed by atoms with Crippen LogP contribution in [0.5, 0.6) is 0 Å². The van der Waals surface area contributed by atoms with Crippen LogP contribution in [0.2, 0.25) is 10.0 Å². The molecule has 0 bridgehead atoms. The standard InChI is InChI=1S/C11H4Cl2F6N2O2S/c12-6-1-5(10(14,15)16)2-7(13)9(6)21-3-8(20-4-21)24(22,23)11(17,18)19/h1-4H. The third kappa shape index (κ3) is 3.33. The number of aromatic nitrogens is 2. The van der Waals surface area contributed by atoms with Crippen LogP contribution in [0.25, 0.3) is 5.69 Å². The van der Waals surface area contributed by atoms with Crippen molar-refractivity contribution in [3.05, 3.63) is 40.3 Å². The molecule has 0 amide bonds. The van der Waals surface area contributed by atoms with E-state index >= 15 is 0 Å². The Kier molecular flexibility index (Phi) is 4.57. The van der Waals surface area contributed by atoms with E-state index in [4.69, 9.17) is 23.2 Å². The van der Waals surface area contributed by atoms with Gasteiger partial charge in [0.1, 0.15) is 6.33 Å². The molecule has 13 heteroatoms. The zero-order chi connectivity index (χ0) is 18.5. The molecule has 1 aromatic heterocycles. The number of alkyl halides is 6. The van der Waals surface area contributed by atoms with Gasteiger partial charge < -0.3 is 4.57 Å². The summed E-state index contributed by atoms with van der Waals surface area (Å²) in [5.41, 5.74) is -7.10. The zero-order valence-corrected chi connectivity index (χ0v) is 13.3. The van der Waals surface area contributed by atoms with Crippen LogP contribution >= 0.6 is 23.2 Å². The quantitative estimate of drug-likeness (QED) is 0.682. The Morgan fingerprint density at radius 3 is 1.92 bits per heavy atom. The number of halogens is 8. The van der Waals surface area contributed by atoms with Gasteiger partial charge >= 0.3 is 11.7 Å². The van der Waals surface area contributed by atoms with Crippen molar-refractivity contribution in [2.75, 3.05) is 0 Å². The third-order valence-electron chi connectivity index (χ3n) is 2.74. The van der Waals surface area contributed by atoms with E-state index in [0.717, 1.165) is 0 Å². The molecule has 0 unspecified atom stereocenters. The second-order valence-corrected chi connectivity index (χ2v) is 7.06. The van der Waals surface area contributed by atoms with E-state index in [1.165, 1.54) is 0 Å². The van der Waals surface area contributed by atoms with Crippen molar-refractivity contribution >= 4 is 33.0 Å². The summed E-state index contributed by atoms with van der Waals surface area (Å²) in [7, 11) is -5.72. The molecule has 0 atom stereocenters. The van der Waals surface area contributed by atoms with Crippen molar-refractivity contribution in [3.63, 3.8) is 0 Å². The number of imidazole rings is 1. The number of hydrogen-bond acceptors (Lipinski definition) is 3. The van der Waals surface area contributed by atoms with Crippen LogP contribution in [0, 0.1) is 0 Å². The van der Waals surface area contributed by atoms with E-state index in [9.17, 15) is 34.8 Å². The van der Waals surface area contributed by atoms with Crippen molar-refractivity contribution in [1.82, 2.24) is 9.55 Å². The summed E-state index contributed by atoms with van der Waals surface area (Å²) in [6, 6.07) is 1.00. The normalized spacial score (nSPS) is 13.3. The Labute approximate surface area is 140 Å². The minimum atomic E-state index is -5.72. The maximum atomic E-state index is 12.6. The van der Waals surface area contributed by atoms with E-state index in [1.54, 1.807) is 0 Å². The molecule has 1 heterocycles. The molecule has 1 aromatic carbocycles. The molecule has 0 spiro atoms. The summed E-state index contributed by atoms with van der Waals surface area (Å²) < 4.78 is 98.4. The molecule has 0 aliphatic heterocycles. The van der Waals surface area contributed by atoms with Gasteiger partial charge in [0, 0.05) is 6.20 Å². The lowest BCUT2D eigenvalue weighted by atomic mass is 10.2. The van der Waals surface area contributed by atoms with E-state index in [0.29, 0.717) is 29.2 Å². The fraction of sp³-hybridized carbons (Fsp3) is 0.182. The van der Waals surface area contributed by atoms with Gasteiger partial charge in [-0.05, 0) is 12.1 Å². The van der Waals surface area contributed by atoms with E-state index in [2.05, 4.69) is 4.98 Å². The molecule has 2 rings (SSSR count). The Bertz CT molecular complexity index is 866. The Morgan fingerprint density at radius 2 is 1.50 bits per heavy atom. The molecule has 0 saturated carbocycles. The van der Waals surface area contributed by atoms with Crippen molar-refractivity contribution in [1.29, 1.82) is 0 Å². The van der Waals surface area contributed by atoms with Crippen LogP contribution in [0.3, 0.4) is 0 Å². The second kappa shape index (κ2) is 5.81. The van der Waals surface area contributed by atoms with Gasteiger partial charge in [-0.1, -0.05) is 23.2 Å². The minimum Gasteiger partial charge on any atom is -0.302 e. The summed E-state index contributed by atoms with van der Waals surface area (Å²) in [6.45, 7) is 0. The van der Waals surface area contributed by atoms with Crippen molar-refractivity contribution in [2.24, 2.45) is 0 Å². The molecule has 0 radical (unpaired) electrons. The van der Waals surface area contributed by atoms with Gasteiger partial charge in [0.2, 0.25) is 0 Å². The first kappa shape index (κ1) is 18.9. The highest BCUT2D eigenvalue weighted by atomic mass is 35.5. The number of benzene rings is 1. The summed E-state index contributed by atoms with van der Waals surface area (Å²) in [4.78, 5) is 3.10. The first-order valence-corrected chi connectivity index (χ1v) is 7.91. The van der Waals surface area contributed by atoms with Gasteiger partial charge in [-0.15, -0.1) is 0 Å². The molecule has 2 aromatic rings. The molecular formula is C11H4Cl2F6N2O2S. The SMILES string of the molecule is O=S(=O)(c1cn(-c2c(Cl)cc(C(F)(F)F)cc2Cl)cn1)C(F)(F)F. The predicted octanol–water partition coefficient (Wildman–Crippen LogP) is 4.49. The first-order chi connectivity index (χ1) is 10.7. The summed E-state index contributed by atoms with van der Waals surface area (Å²) in [6.07, 6.45) is -3.66. The highest BCUT2D eigenvalue weighted by Gasteiger charge is 2.48. The minimum absolute atomic E-state index is 0.345. The highest BCUT2D eigenvalue weighted by molar-refractivity contribution is 7.92. The molecule has 24 heavy (non-hydrogen) atoms. The molecular weight excluding hydrogens is 409 g/mol. The van der Waals surface area contributed by atoms with Crippen LogP contribution in [-0.2, 0) is 16.0 Å². The lowest BCUT2D eigenvalue weighted by Gasteiger charge is -2.12. The van der Waals surface area contributed by atoms with Gasteiger partial charge in [0.15, 0.2) is 5.03 Å². The topological polar surface area (TPSA) is 52.0 Å². The maximum absolute atomic E-state index is 12.6. The lowest BCUT2D eigenvalue weighted by molar-refractivity contribution is -0.137. The van der Waals surface area contributed by atoms with Crippen LogP contribution < -0.4 is 0 Å². The monoisotopic (exact) mass is 412 g/mol. The summed E-state index contributed by atoms with van der Waals surface area (Å²) in [5, 5.41) is -2.45. The first-order valence-electron chi connectivity index (χ1n) is 5.67. The predicted molar refractivity (Wildman–Crippen MR) is 71.8 cm³/mol. The number of hydrogen-bond donors (Lipinski definition) is 0. The van der Waals surface area contributed by atoms with Crippen LogP contribution in [0.4, 0.5) is 26.3 Å². The molecule has 4 nitrogen and oxygen atoms in total. The van der Waals surface area contributed by atoms with Crippen molar-refractivity contribution in [3.8, 4) is 5.69 Å². The van der Waals surface area contributed by atoms with Gasteiger partial charge in [0.25, 0.3) is 9.84 Å². The second-order valence-electron chi connectivity index (χ2n) is 4.35. The maximum Gasteiger partial charge on any atom is 0.503 e. The van der Waals surface area contributed by atoms with E-state index in [-0.39, 0.29) is 5.69 Å². The van der Waals surface area contributed by atoms with Gasteiger partial charge in [-0.3, -0.25) is 0 Å². The van der Waals surface area contributed by atoms with Crippen LogP contribution in [-0.4, -0.2) is 23.5 Å². The van der Waals surface area contributed by atoms with Crippen LogP contribution in [0.1, 0.15) is 5.56 Å². The molecule has 0 N–H and O–H groups in total. The third-order valence-corrected chi connectivity index (χ3v) is 4.69. The van der Waals surface area contributed by atoms with Gasteiger partial charge in [-0.25, -0.2) is 13.4 Å². The average Bonchev–Trinajstić information content (AvgIpc) is 2.85. The fourth-order valence-corrected chi connectivity index (χ4v) is 3.02. The number of nitrogens with zero attached hydrogens (tertiary/aromatic N) is 2. The van der Waals surface area contributed by atoms with Crippen molar-refractivity contribution < 1.29 is 34.8 Å². The Morgan fingerprint density at radius 1 is 1.00 bits per heavy atom. The van der Waals surface area contributed by atoms with E-state index < -0.39 is 42.2 Å². The molecule has 0 saturated heterocycles. The summed E-state index contributed by atoms with van der Waals surface area (Å²) >= 11 is 11.4. The zero-order valence-electron chi connectivity index (χ0n) is 11.0. The smallest absolute Gasteiger partial charge is 0.302 e. The van der Waals surface area contributed by atoms with Gasteiger partial charge in [-0.2, -0.15) is 26.3 Å². The Hall–Kier alpha value is -1.46. The lowest BCUT2D eigenvalue weighted by Crippen LogP contribution is -2.23. The number of rotatable bonds is 2. The highest BCUT2D eigenvalue weighted by Crippen LogP contribution is 2.38. The van der Waals surface area contributed by atoms with E-state index in [1.807, 2.05) is 0 Å². The molecule has 132 valence electrons. The Balaban J connectivity index is 2.57. The summed E-state index contributed by atoms with van der Waals surface area (Å²) in [5.74, 6) is 0. The largest absolute Gasteiger partial charge is 0.503 e. The number of sulfone groups is 1. The average molecular weight is 413 g/mol. The van der Waals surface area contributed by atoms with Gasteiger partial charge in [0.05, 0.1) is 21.3 Å². The molecule has 0 aliphatic rings. The molecule has 0 fully saturated rings. The van der Waals surface area contributed by atoms with Crippen molar-refractivity contribution in [2.45, 2.75) is 16.7 Å².